The van der Waals surface area contributed by atoms with Crippen molar-refractivity contribution in [3.63, 3.8) is 0 Å². The van der Waals surface area contributed by atoms with Gasteiger partial charge >= 0.3 is 0 Å². The zero-order valence-electron chi connectivity index (χ0n) is 12.0. The molecule has 4 heteroatoms. The van der Waals surface area contributed by atoms with Gasteiger partial charge in [0, 0.05) is 5.69 Å². The van der Waals surface area contributed by atoms with Crippen molar-refractivity contribution in [2.75, 3.05) is 0 Å². The number of aryl methyl sites for hydroxylation is 1. The van der Waals surface area contributed by atoms with Gasteiger partial charge in [0.25, 0.3) is 0 Å². The maximum absolute atomic E-state index is 6.31. The summed E-state index contributed by atoms with van der Waals surface area (Å²) >= 11 is 12.6. The lowest BCUT2D eigenvalue weighted by atomic mass is 10.1. The van der Waals surface area contributed by atoms with Crippen molar-refractivity contribution in [2.24, 2.45) is 0 Å². The number of aromatic nitrogens is 2. The standard InChI is InChI=1S/C17H16Cl2N2/c1-3-12-7-9-13(10-8-12)21-15-6-4-5-14(19)16(15)20-17(21)11(2)18/h4-11H,3H2,1-2H3. The van der Waals surface area contributed by atoms with Crippen LogP contribution in [0.5, 0.6) is 0 Å². The summed E-state index contributed by atoms with van der Waals surface area (Å²) in [7, 11) is 0. The Kier molecular flexibility index (Phi) is 3.92. The molecule has 1 heterocycles. The monoisotopic (exact) mass is 318 g/mol. The lowest BCUT2D eigenvalue weighted by molar-refractivity contribution is 0.882. The quantitative estimate of drug-likeness (QED) is 0.579. The Labute approximate surface area is 134 Å². The molecule has 21 heavy (non-hydrogen) atoms. The van der Waals surface area contributed by atoms with E-state index >= 15 is 0 Å². The Morgan fingerprint density at radius 1 is 1.14 bits per heavy atom. The summed E-state index contributed by atoms with van der Waals surface area (Å²) in [5.74, 6) is 0.809. The predicted octanol–water partition coefficient (Wildman–Crippen LogP) is 5.54. The third kappa shape index (κ3) is 2.54. The second kappa shape index (κ2) is 5.70. The predicted molar refractivity (Wildman–Crippen MR) is 89.7 cm³/mol. The third-order valence-electron chi connectivity index (χ3n) is 3.62. The van der Waals surface area contributed by atoms with Gasteiger partial charge < -0.3 is 0 Å². The molecule has 1 unspecified atom stereocenters. The highest BCUT2D eigenvalue weighted by atomic mass is 35.5. The first-order chi connectivity index (χ1) is 10.1. The van der Waals surface area contributed by atoms with Gasteiger partial charge in [-0.25, -0.2) is 4.98 Å². The fraction of sp³-hybridized carbons (Fsp3) is 0.235. The van der Waals surface area contributed by atoms with E-state index in [1.165, 1.54) is 5.56 Å². The van der Waals surface area contributed by atoms with Crippen LogP contribution < -0.4 is 0 Å². The molecule has 2 nitrogen and oxygen atoms in total. The van der Waals surface area contributed by atoms with Crippen LogP contribution in [0.15, 0.2) is 42.5 Å². The highest BCUT2D eigenvalue weighted by Gasteiger charge is 2.17. The fourth-order valence-corrected chi connectivity index (χ4v) is 2.86. The van der Waals surface area contributed by atoms with Crippen LogP contribution in [0, 0.1) is 0 Å². The van der Waals surface area contributed by atoms with Crippen LogP contribution >= 0.6 is 23.2 Å². The molecular formula is C17H16Cl2N2. The highest BCUT2D eigenvalue weighted by Crippen LogP contribution is 2.31. The minimum atomic E-state index is -0.195. The van der Waals surface area contributed by atoms with E-state index in [2.05, 4.69) is 40.7 Å². The van der Waals surface area contributed by atoms with E-state index in [1.807, 2.05) is 25.1 Å². The molecule has 0 amide bonds. The van der Waals surface area contributed by atoms with Gasteiger partial charge in [0.2, 0.25) is 0 Å². The van der Waals surface area contributed by atoms with Crippen LogP contribution in [0.3, 0.4) is 0 Å². The molecule has 0 aliphatic carbocycles. The summed E-state index contributed by atoms with van der Waals surface area (Å²) in [6.07, 6.45) is 1.02. The lowest BCUT2D eigenvalue weighted by Crippen LogP contribution is -2.01. The van der Waals surface area contributed by atoms with Crippen LogP contribution in [0.25, 0.3) is 16.7 Å². The molecule has 0 saturated carbocycles. The topological polar surface area (TPSA) is 17.8 Å². The minimum absolute atomic E-state index is 0.195. The first-order valence-electron chi connectivity index (χ1n) is 7.02. The van der Waals surface area contributed by atoms with Crippen LogP contribution in [-0.4, -0.2) is 9.55 Å². The zero-order chi connectivity index (χ0) is 15.0. The molecule has 3 aromatic rings. The fourth-order valence-electron chi connectivity index (χ4n) is 2.50. The number of imidazole rings is 1. The van der Waals surface area contributed by atoms with Gasteiger partial charge in [0.1, 0.15) is 11.3 Å². The van der Waals surface area contributed by atoms with Gasteiger partial charge in [0.15, 0.2) is 0 Å². The number of hydrogen-bond donors (Lipinski definition) is 0. The highest BCUT2D eigenvalue weighted by molar-refractivity contribution is 6.35. The smallest absolute Gasteiger partial charge is 0.132 e. The summed E-state index contributed by atoms with van der Waals surface area (Å²) in [5.41, 5.74) is 4.14. The normalized spacial score (nSPS) is 12.8. The number of rotatable bonds is 3. The Balaban J connectivity index is 2.28. The number of fused-ring (bicyclic) bond motifs is 1. The zero-order valence-corrected chi connectivity index (χ0v) is 13.5. The molecular weight excluding hydrogens is 303 g/mol. The minimum Gasteiger partial charge on any atom is -0.295 e. The van der Waals surface area contributed by atoms with Gasteiger partial charge in [-0.05, 0) is 43.2 Å². The Hall–Kier alpha value is -1.51. The van der Waals surface area contributed by atoms with E-state index < -0.39 is 0 Å². The maximum Gasteiger partial charge on any atom is 0.132 e. The summed E-state index contributed by atoms with van der Waals surface area (Å²) < 4.78 is 2.08. The molecule has 108 valence electrons. The van der Waals surface area contributed by atoms with Gasteiger partial charge in [-0.3, -0.25) is 4.57 Å². The number of alkyl halides is 1. The summed E-state index contributed by atoms with van der Waals surface area (Å²) in [6.45, 7) is 4.07. The molecule has 0 fully saturated rings. The summed E-state index contributed by atoms with van der Waals surface area (Å²) in [4.78, 5) is 4.63. The van der Waals surface area contributed by atoms with Crippen LogP contribution in [0.1, 0.15) is 30.6 Å². The van der Waals surface area contributed by atoms with Crippen molar-refractivity contribution in [1.29, 1.82) is 0 Å². The van der Waals surface area contributed by atoms with Crippen LogP contribution in [0.2, 0.25) is 5.02 Å². The largest absolute Gasteiger partial charge is 0.295 e. The van der Waals surface area contributed by atoms with E-state index in [1.54, 1.807) is 0 Å². The third-order valence-corrected chi connectivity index (χ3v) is 4.12. The lowest BCUT2D eigenvalue weighted by Gasteiger charge is -2.11. The summed E-state index contributed by atoms with van der Waals surface area (Å²) in [6, 6.07) is 14.3. The van der Waals surface area contributed by atoms with Gasteiger partial charge in [0.05, 0.1) is 15.9 Å². The Morgan fingerprint density at radius 3 is 2.48 bits per heavy atom. The number of hydrogen-bond acceptors (Lipinski definition) is 1. The van der Waals surface area contributed by atoms with E-state index in [4.69, 9.17) is 23.2 Å². The molecule has 3 rings (SSSR count). The molecule has 0 saturated heterocycles. The van der Waals surface area contributed by atoms with Gasteiger partial charge in [-0.2, -0.15) is 0 Å². The molecule has 0 aliphatic rings. The number of halogens is 2. The first-order valence-corrected chi connectivity index (χ1v) is 7.83. The Morgan fingerprint density at radius 2 is 1.86 bits per heavy atom. The molecule has 0 N–H and O–H groups in total. The number of nitrogens with zero attached hydrogens (tertiary/aromatic N) is 2. The second-order valence-electron chi connectivity index (χ2n) is 5.05. The molecule has 1 aromatic heterocycles. The second-order valence-corrected chi connectivity index (χ2v) is 6.11. The van der Waals surface area contributed by atoms with Crippen molar-refractivity contribution in [3.8, 4) is 5.69 Å². The van der Waals surface area contributed by atoms with E-state index in [0.29, 0.717) is 5.02 Å². The van der Waals surface area contributed by atoms with E-state index in [9.17, 15) is 0 Å². The number of benzene rings is 2. The average molecular weight is 319 g/mol. The molecule has 1 atom stereocenters. The number of para-hydroxylation sites is 1. The molecule has 2 aromatic carbocycles. The van der Waals surface area contributed by atoms with E-state index in [-0.39, 0.29) is 5.38 Å². The maximum atomic E-state index is 6.31. The van der Waals surface area contributed by atoms with Crippen molar-refractivity contribution in [2.45, 2.75) is 25.6 Å². The van der Waals surface area contributed by atoms with Crippen LogP contribution in [0.4, 0.5) is 0 Å². The molecule has 0 spiro atoms. The summed E-state index contributed by atoms with van der Waals surface area (Å²) in [5, 5.41) is 0.453. The van der Waals surface area contributed by atoms with Crippen molar-refractivity contribution in [3.05, 3.63) is 58.9 Å². The van der Waals surface area contributed by atoms with Crippen molar-refractivity contribution < 1.29 is 0 Å². The van der Waals surface area contributed by atoms with Crippen molar-refractivity contribution >= 4 is 34.2 Å². The SMILES string of the molecule is CCc1ccc(-n2c(C(C)Cl)nc3c(Cl)cccc32)cc1. The van der Waals surface area contributed by atoms with E-state index in [0.717, 1.165) is 29.0 Å². The first kappa shape index (κ1) is 14.4. The molecule has 0 bridgehead atoms. The molecule has 0 radical (unpaired) electrons. The van der Waals surface area contributed by atoms with Gasteiger partial charge in [-0.1, -0.05) is 36.7 Å². The average Bonchev–Trinajstić information content (AvgIpc) is 2.88. The Bertz CT molecular complexity index is 773. The molecule has 0 aliphatic heterocycles. The van der Waals surface area contributed by atoms with Crippen molar-refractivity contribution in [1.82, 2.24) is 9.55 Å². The van der Waals surface area contributed by atoms with Gasteiger partial charge in [-0.15, -0.1) is 11.6 Å². The van der Waals surface area contributed by atoms with Crippen LogP contribution in [-0.2, 0) is 6.42 Å².